The minimum atomic E-state index is -0.967. The highest BCUT2D eigenvalue weighted by Crippen LogP contribution is 2.21. The Labute approximate surface area is 105 Å². The Morgan fingerprint density at radius 2 is 2.28 bits per heavy atom. The molecular formula is C13H15N3O2. The summed E-state index contributed by atoms with van der Waals surface area (Å²) in [6.45, 7) is 3.99. The number of aromatic nitrogens is 3. The molecule has 0 saturated carbocycles. The fourth-order valence-corrected chi connectivity index (χ4v) is 1.93. The van der Waals surface area contributed by atoms with Crippen LogP contribution in [0.25, 0.3) is 17.1 Å². The monoisotopic (exact) mass is 245 g/mol. The van der Waals surface area contributed by atoms with Gasteiger partial charge in [0, 0.05) is 29.6 Å². The molecule has 2 aromatic rings. The van der Waals surface area contributed by atoms with Gasteiger partial charge in [-0.1, -0.05) is 6.92 Å². The average Bonchev–Trinajstić information content (AvgIpc) is 2.70. The predicted molar refractivity (Wildman–Crippen MR) is 69.3 cm³/mol. The molecule has 2 heterocycles. The highest BCUT2D eigenvalue weighted by Gasteiger charge is 2.09. The fraction of sp³-hybridized carbons (Fsp3) is 0.308. The highest BCUT2D eigenvalue weighted by molar-refractivity contribution is 5.93. The second-order valence-electron chi connectivity index (χ2n) is 4.11. The molecular weight excluding hydrogens is 230 g/mol. The van der Waals surface area contributed by atoms with Crippen LogP contribution in [0.3, 0.4) is 0 Å². The lowest BCUT2D eigenvalue weighted by Crippen LogP contribution is -1.97. The first-order valence-corrected chi connectivity index (χ1v) is 5.87. The zero-order valence-corrected chi connectivity index (χ0v) is 10.4. The summed E-state index contributed by atoms with van der Waals surface area (Å²) in [5.41, 5.74) is 2.43. The third kappa shape index (κ3) is 2.40. The number of aryl methyl sites for hydroxylation is 2. The maximum Gasteiger partial charge on any atom is 0.328 e. The Morgan fingerprint density at radius 3 is 2.94 bits per heavy atom. The van der Waals surface area contributed by atoms with Crippen molar-refractivity contribution < 1.29 is 9.90 Å². The van der Waals surface area contributed by atoms with Crippen molar-refractivity contribution in [2.75, 3.05) is 0 Å². The number of aliphatic carboxylic acids is 1. The molecule has 0 radical (unpaired) electrons. The molecule has 0 aromatic carbocycles. The molecule has 0 aliphatic heterocycles. The molecule has 2 N–H and O–H groups in total. The van der Waals surface area contributed by atoms with E-state index in [1.807, 2.05) is 6.92 Å². The van der Waals surface area contributed by atoms with Gasteiger partial charge in [-0.05, 0) is 19.4 Å². The standard InChI is InChI=1S/C13H15N3O2/c1-3-4-10-15-8(2)12-9(5-6-11(17)18)7-14-13(12)16-10/h5-7H,3-4H2,1-2H3,(H,17,18)(H,14,15,16)/b6-5+. The lowest BCUT2D eigenvalue weighted by Gasteiger charge is -2.01. The van der Waals surface area contributed by atoms with E-state index in [-0.39, 0.29) is 0 Å². The van der Waals surface area contributed by atoms with Crippen LogP contribution in [0.1, 0.15) is 30.4 Å². The summed E-state index contributed by atoms with van der Waals surface area (Å²) in [5.74, 6) is -0.149. The molecule has 0 bridgehead atoms. The number of carboxylic acid groups (broad SMARTS) is 1. The van der Waals surface area contributed by atoms with Gasteiger partial charge in [0.1, 0.15) is 11.5 Å². The van der Waals surface area contributed by atoms with E-state index in [9.17, 15) is 4.79 Å². The molecule has 94 valence electrons. The Kier molecular flexibility index (Phi) is 3.41. The summed E-state index contributed by atoms with van der Waals surface area (Å²) in [7, 11) is 0. The van der Waals surface area contributed by atoms with Gasteiger partial charge in [-0.3, -0.25) is 0 Å². The molecule has 0 saturated heterocycles. The van der Waals surface area contributed by atoms with Crippen LogP contribution in [-0.2, 0) is 11.2 Å². The molecule has 2 rings (SSSR count). The summed E-state index contributed by atoms with van der Waals surface area (Å²) < 4.78 is 0. The quantitative estimate of drug-likeness (QED) is 0.810. The maximum atomic E-state index is 10.5. The van der Waals surface area contributed by atoms with Gasteiger partial charge in [0.25, 0.3) is 0 Å². The van der Waals surface area contributed by atoms with Gasteiger partial charge in [0.15, 0.2) is 0 Å². The van der Waals surface area contributed by atoms with Crippen molar-refractivity contribution in [3.8, 4) is 0 Å². The van der Waals surface area contributed by atoms with Crippen molar-refractivity contribution >= 4 is 23.1 Å². The summed E-state index contributed by atoms with van der Waals surface area (Å²) >= 11 is 0. The average molecular weight is 245 g/mol. The molecule has 0 aliphatic carbocycles. The minimum absolute atomic E-state index is 0.760. The van der Waals surface area contributed by atoms with E-state index < -0.39 is 5.97 Å². The van der Waals surface area contributed by atoms with Crippen molar-refractivity contribution in [1.29, 1.82) is 0 Å². The van der Waals surface area contributed by atoms with E-state index in [0.717, 1.165) is 47.0 Å². The Bertz CT molecular complexity index is 614. The normalized spacial score (nSPS) is 11.4. The predicted octanol–water partition coefficient (Wildman–Crippen LogP) is 2.32. The van der Waals surface area contributed by atoms with E-state index in [4.69, 9.17) is 5.11 Å². The van der Waals surface area contributed by atoms with Crippen molar-refractivity contribution in [2.24, 2.45) is 0 Å². The number of carbonyl (C=O) groups is 1. The van der Waals surface area contributed by atoms with Crippen LogP contribution in [0.5, 0.6) is 0 Å². The third-order valence-electron chi connectivity index (χ3n) is 2.67. The number of hydrogen-bond donors (Lipinski definition) is 2. The number of hydrogen-bond acceptors (Lipinski definition) is 3. The summed E-state index contributed by atoms with van der Waals surface area (Å²) in [6, 6.07) is 0. The summed E-state index contributed by atoms with van der Waals surface area (Å²) in [4.78, 5) is 22.4. The zero-order valence-electron chi connectivity index (χ0n) is 10.4. The molecule has 2 aromatic heterocycles. The SMILES string of the molecule is CCCc1nc(C)c2c(/C=C/C(=O)O)c[nH]c2n1. The van der Waals surface area contributed by atoms with Gasteiger partial charge in [-0.15, -0.1) is 0 Å². The van der Waals surface area contributed by atoms with Gasteiger partial charge in [0.2, 0.25) is 0 Å². The lowest BCUT2D eigenvalue weighted by atomic mass is 10.1. The number of carboxylic acids is 1. The zero-order chi connectivity index (χ0) is 13.1. The smallest absolute Gasteiger partial charge is 0.328 e. The van der Waals surface area contributed by atoms with E-state index in [0.29, 0.717) is 0 Å². The Morgan fingerprint density at radius 1 is 1.50 bits per heavy atom. The van der Waals surface area contributed by atoms with Gasteiger partial charge in [-0.2, -0.15) is 0 Å². The van der Waals surface area contributed by atoms with Crippen LogP contribution in [0.4, 0.5) is 0 Å². The van der Waals surface area contributed by atoms with Crippen LogP contribution in [0, 0.1) is 6.92 Å². The molecule has 5 nitrogen and oxygen atoms in total. The molecule has 0 unspecified atom stereocenters. The Hall–Kier alpha value is -2.17. The van der Waals surface area contributed by atoms with Gasteiger partial charge in [-0.25, -0.2) is 14.8 Å². The van der Waals surface area contributed by atoms with Crippen molar-refractivity contribution in [2.45, 2.75) is 26.7 Å². The third-order valence-corrected chi connectivity index (χ3v) is 2.67. The van der Waals surface area contributed by atoms with Gasteiger partial charge >= 0.3 is 5.97 Å². The first-order chi connectivity index (χ1) is 8.61. The molecule has 0 amide bonds. The van der Waals surface area contributed by atoms with Crippen molar-refractivity contribution in [1.82, 2.24) is 15.0 Å². The summed E-state index contributed by atoms with van der Waals surface area (Å²) in [6.07, 6.45) is 6.26. The minimum Gasteiger partial charge on any atom is -0.478 e. The molecule has 0 fully saturated rings. The van der Waals surface area contributed by atoms with Crippen LogP contribution in [-0.4, -0.2) is 26.0 Å². The molecule has 0 atom stereocenters. The maximum absolute atomic E-state index is 10.5. The van der Waals surface area contributed by atoms with Gasteiger partial charge < -0.3 is 10.1 Å². The molecule has 18 heavy (non-hydrogen) atoms. The van der Waals surface area contributed by atoms with Crippen LogP contribution >= 0.6 is 0 Å². The van der Waals surface area contributed by atoms with Crippen molar-refractivity contribution in [3.05, 3.63) is 29.4 Å². The van der Waals surface area contributed by atoms with Crippen LogP contribution in [0.15, 0.2) is 12.3 Å². The number of nitrogens with zero attached hydrogens (tertiary/aromatic N) is 2. The highest BCUT2D eigenvalue weighted by atomic mass is 16.4. The number of aromatic amines is 1. The topological polar surface area (TPSA) is 78.9 Å². The van der Waals surface area contributed by atoms with Crippen LogP contribution in [0.2, 0.25) is 0 Å². The van der Waals surface area contributed by atoms with E-state index in [1.54, 1.807) is 12.3 Å². The summed E-state index contributed by atoms with van der Waals surface area (Å²) in [5, 5.41) is 9.52. The van der Waals surface area contributed by atoms with Crippen molar-refractivity contribution in [3.63, 3.8) is 0 Å². The number of fused-ring (bicyclic) bond motifs is 1. The Balaban J connectivity index is 2.50. The van der Waals surface area contributed by atoms with Crippen LogP contribution < -0.4 is 0 Å². The number of nitrogens with one attached hydrogen (secondary N) is 1. The number of rotatable bonds is 4. The largest absolute Gasteiger partial charge is 0.478 e. The van der Waals surface area contributed by atoms with E-state index in [1.165, 1.54) is 0 Å². The first-order valence-electron chi connectivity index (χ1n) is 5.87. The fourth-order valence-electron chi connectivity index (χ4n) is 1.93. The number of H-pyrrole nitrogens is 1. The molecule has 0 spiro atoms. The second kappa shape index (κ2) is 5.00. The van der Waals surface area contributed by atoms with E-state index >= 15 is 0 Å². The first kappa shape index (κ1) is 12.3. The molecule has 5 heteroatoms. The van der Waals surface area contributed by atoms with E-state index in [2.05, 4.69) is 21.9 Å². The van der Waals surface area contributed by atoms with Gasteiger partial charge in [0.05, 0.1) is 5.69 Å². The lowest BCUT2D eigenvalue weighted by molar-refractivity contribution is -0.131. The second-order valence-corrected chi connectivity index (χ2v) is 4.11. The molecule has 0 aliphatic rings.